The molecule has 0 aromatic carbocycles. The van der Waals surface area contributed by atoms with Crippen molar-refractivity contribution in [1.29, 1.82) is 0 Å². The Kier molecular flexibility index (Phi) is 8.82. The highest BCUT2D eigenvalue weighted by molar-refractivity contribution is 14.1. The van der Waals surface area contributed by atoms with Crippen LogP contribution in [0.25, 0.3) is 0 Å². The Morgan fingerprint density at radius 2 is 2.06 bits per heavy atom. The molecule has 0 bridgehead atoms. The summed E-state index contributed by atoms with van der Waals surface area (Å²) < 4.78 is 16.7. The van der Waals surface area contributed by atoms with Crippen LogP contribution < -0.4 is 14.9 Å². The van der Waals surface area contributed by atoms with Crippen LogP contribution in [0, 0.1) is 9.12 Å². The second-order valence-corrected chi connectivity index (χ2v) is 14.5. The molecule has 2 aromatic heterocycles. The van der Waals surface area contributed by atoms with Crippen LogP contribution in [0.3, 0.4) is 0 Å². The molecule has 1 saturated heterocycles. The van der Waals surface area contributed by atoms with Crippen LogP contribution in [0.1, 0.15) is 52.9 Å². The van der Waals surface area contributed by atoms with Gasteiger partial charge in [0.05, 0.1) is 17.3 Å². The first-order valence-corrected chi connectivity index (χ1v) is 15.2. The van der Waals surface area contributed by atoms with Crippen molar-refractivity contribution in [3.63, 3.8) is 0 Å². The van der Waals surface area contributed by atoms with Crippen molar-refractivity contribution >= 4 is 75.0 Å². The molecule has 1 saturated carbocycles. The maximum atomic E-state index is 12.7. The Bertz CT molecular complexity index is 1110. The minimum atomic E-state index is -1.23. The summed E-state index contributed by atoms with van der Waals surface area (Å²) in [7, 11) is 0. The van der Waals surface area contributed by atoms with Crippen molar-refractivity contribution in [3.05, 3.63) is 27.2 Å². The van der Waals surface area contributed by atoms with Crippen LogP contribution in [0.2, 0.25) is 5.02 Å². The number of anilines is 2. The van der Waals surface area contributed by atoms with Crippen molar-refractivity contribution in [3.8, 4) is 0 Å². The third kappa shape index (κ3) is 6.32. The van der Waals surface area contributed by atoms with Gasteiger partial charge in [-0.25, -0.2) is 19.7 Å². The standard InChI is InChI=1S/C23H30ClIN6O3S2/c1-22(2,3)36(34)30-15-5-4-7-23(15)8-11-31(12-9-23)16-13-27-20(18(25)28-16)35-14-6-10-26-19(17(14)24)29-21(32)33/h6,10,13,15,30H,4-5,7-9,11-12H2,1-3H3,(H,26,29)(H,32,33)/t15-,36?/m1/s1. The number of nitrogens with zero attached hydrogens (tertiary/aromatic N) is 4. The van der Waals surface area contributed by atoms with E-state index in [2.05, 4.69) is 47.5 Å². The molecule has 2 fully saturated rings. The molecular formula is C23H30ClIN6O3S2. The predicted molar refractivity (Wildman–Crippen MR) is 152 cm³/mol. The fraction of sp³-hybridized carbons (Fsp3) is 0.565. The molecule has 3 N–H and O–H groups in total. The minimum absolute atomic E-state index is 0.0852. The predicted octanol–water partition coefficient (Wildman–Crippen LogP) is 5.56. The largest absolute Gasteiger partial charge is 0.598 e. The molecule has 9 nitrogen and oxygen atoms in total. The first-order valence-electron chi connectivity index (χ1n) is 11.8. The van der Waals surface area contributed by atoms with Crippen molar-refractivity contribution in [2.45, 2.75) is 73.6 Å². The highest BCUT2D eigenvalue weighted by Crippen LogP contribution is 2.47. The summed E-state index contributed by atoms with van der Waals surface area (Å²) in [5.41, 5.74) is 0.188. The van der Waals surface area contributed by atoms with Crippen molar-refractivity contribution < 1.29 is 14.5 Å². The number of carboxylic acid groups (broad SMARTS) is 1. The normalized spacial score (nSPS) is 20.5. The van der Waals surface area contributed by atoms with E-state index in [1.165, 1.54) is 30.8 Å². The molecule has 4 rings (SSSR count). The SMILES string of the molecule is CC(C)(C)[S+]([O-])N[C@@H]1CCCC12CCN(c1cnc(Sc3ccnc(NC(=O)O)c3Cl)c(I)n1)CC2. The van der Waals surface area contributed by atoms with E-state index in [1.54, 1.807) is 12.3 Å². The lowest BCUT2D eigenvalue weighted by Crippen LogP contribution is -2.53. The second-order valence-electron chi connectivity index (χ2n) is 10.1. The molecule has 13 heteroatoms. The zero-order chi connectivity index (χ0) is 26.1. The maximum Gasteiger partial charge on any atom is 0.410 e. The first-order chi connectivity index (χ1) is 17.0. The fourth-order valence-corrected chi connectivity index (χ4v) is 7.50. The number of hydrogen-bond donors (Lipinski definition) is 3. The zero-order valence-corrected chi connectivity index (χ0v) is 24.9. The molecule has 1 aliphatic carbocycles. The van der Waals surface area contributed by atoms with Gasteiger partial charge in [0, 0.05) is 35.5 Å². The molecule has 3 heterocycles. The van der Waals surface area contributed by atoms with Crippen LogP contribution >= 0.6 is 46.0 Å². The molecule has 2 aromatic rings. The van der Waals surface area contributed by atoms with Crippen LogP contribution in [-0.4, -0.2) is 54.6 Å². The van der Waals surface area contributed by atoms with Gasteiger partial charge in [-0.1, -0.05) is 29.8 Å². The van der Waals surface area contributed by atoms with Crippen molar-refractivity contribution in [2.75, 3.05) is 23.3 Å². The summed E-state index contributed by atoms with van der Waals surface area (Å²) in [6.45, 7) is 7.81. The lowest BCUT2D eigenvalue weighted by atomic mass is 9.74. The number of amides is 1. The van der Waals surface area contributed by atoms with E-state index in [1.807, 2.05) is 20.8 Å². The van der Waals surface area contributed by atoms with Gasteiger partial charge in [-0.2, -0.15) is 0 Å². The van der Waals surface area contributed by atoms with E-state index in [0.29, 0.717) is 9.92 Å². The smallest absolute Gasteiger partial charge is 0.410 e. The lowest BCUT2D eigenvalue weighted by Gasteiger charge is -2.44. The highest BCUT2D eigenvalue weighted by atomic mass is 127. The number of pyridine rings is 1. The summed E-state index contributed by atoms with van der Waals surface area (Å²) >= 11 is 8.77. The number of nitrogens with one attached hydrogen (secondary N) is 2. The minimum Gasteiger partial charge on any atom is -0.598 e. The number of halogens is 2. The molecule has 1 amide bonds. The molecule has 2 aliphatic rings. The van der Waals surface area contributed by atoms with E-state index >= 15 is 0 Å². The van der Waals surface area contributed by atoms with E-state index < -0.39 is 17.5 Å². The molecule has 2 atom stereocenters. The number of piperidine rings is 1. The van der Waals surface area contributed by atoms with Gasteiger partial charge >= 0.3 is 6.09 Å². The molecule has 1 spiro atoms. The number of aromatic nitrogens is 3. The molecule has 36 heavy (non-hydrogen) atoms. The van der Waals surface area contributed by atoms with Gasteiger partial charge in [-0.15, -0.1) is 4.72 Å². The van der Waals surface area contributed by atoms with Gasteiger partial charge < -0.3 is 14.6 Å². The lowest BCUT2D eigenvalue weighted by molar-refractivity contribution is 0.186. The van der Waals surface area contributed by atoms with Crippen LogP contribution in [-0.2, 0) is 11.4 Å². The van der Waals surface area contributed by atoms with Crippen molar-refractivity contribution in [2.24, 2.45) is 5.41 Å². The van der Waals surface area contributed by atoms with Gasteiger partial charge in [-0.05, 0) is 80.5 Å². The fourth-order valence-electron chi connectivity index (χ4n) is 4.77. The Morgan fingerprint density at radius 1 is 1.33 bits per heavy atom. The van der Waals surface area contributed by atoms with Gasteiger partial charge in [0.25, 0.3) is 0 Å². The average Bonchev–Trinajstić information content (AvgIpc) is 3.18. The summed E-state index contributed by atoms with van der Waals surface area (Å²) in [4.78, 5) is 27.3. The number of carbonyl (C=O) groups is 1. The van der Waals surface area contributed by atoms with Gasteiger partial charge in [0.2, 0.25) is 0 Å². The molecular weight excluding hydrogens is 635 g/mol. The summed E-state index contributed by atoms with van der Waals surface area (Å²) in [5, 5.41) is 12.1. The molecule has 196 valence electrons. The van der Waals surface area contributed by atoms with Gasteiger partial charge in [0.1, 0.15) is 19.3 Å². The Labute approximate surface area is 237 Å². The summed E-state index contributed by atoms with van der Waals surface area (Å²) in [5.74, 6) is 0.926. The van der Waals surface area contributed by atoms with E-state index in [4.69, 9.17) is 21.7 Å². The Morgan fingerprint density at radius 3 is 2.69 bits per heavy atom. The maximum absolute atomic E-state index is 12.7. The van der Waals surface area contributed by atoms with E-state index in [9.17, 15) is 9.35 Å². The summed E-state index contributed by atoms with van der Waals surface area (Å²) in [6.07, 6.45) is 7.54. The Hall–Kier alpha value is -1.06. The summed E-state index contributed by atoms with van der Waals surface area (Å²) in [6, 6.07) is 2.00. The average molecular weight is 665 g/mol. The van der Waals surface area contributed by atoms with Crippen molar-refractivity contribution in [1.82, 2.24) is 19.7 Å². The van der Waals surface area contributed by atoms with E-state index in [-0.39, 0.29) is 27.0 Å². The third-order valence-electron chi connectivity index (χ3n) is 6.77. The number of hydrogen-bond acceptors (Lipinski definition) is 8. The molecule has 0 radical (unpaired) electrons. The van der Waals surface area contributed by atoms with E-state index in [0.717, 1.165) is 41.9 Å². The monoisotopic (exact) mass is 664 g/mol. The zero-order valence-electron chi connectivity index (χ0n) is 20.4. The van der Waals surface area contributed by atoms with Crippen LogP contribution in [0.5, 0.6) is 0 Å². The third-order valence-corrected chi connectivity index (χ3v) is 11.0. The first kappa shape index (κ1) is 28.0. The topological polar surface area (TPSA) is 126 Å². The second kappa shape index (κ2) is 11.4. The molecule has 1 unspecified atom stereocenters. The molecule has 1 aliphatic heterocycles. The van der Waals surface area contributed by atoms with Crippen LogP contribution in [0.4, 0.5) is 16.4 Å². The van der Waals surface area contributed by atoms with Gasteiger partial charge in [-0.3, -0.25) is 5.32 Å². The van der Waals surface area contributed by atoms with Gasteiger partial charge in [0.15, 0.2) is 5.82 Å². The Balaban J connectivity index is 1.41. The highest BCUT2D eigenvalue weighted by Gasteiger charge is 2.47. The quantitative estimate of drug-likeness (QED) is 0.269. The number of rotatable bonds is 6. The van der Waals surface area contributed by atoms with Crippen LogP contribution in [0.15, 0.2) is 28.4 Å².